The van der Waals surface area contributed by atoms with Crippen molar-refractivity contribution in [2.75, 3.05) is 18.4 Å². The molecule has 1 aliphatic rings. The van der Waals surface area contributed by atoms with Gasteiger partial charge in [-0.2, -0.15) is 0 Å². The van der Waals surface area contributed by atoms with E-state index in [1.807, 2.05) is 18.2 Å². The van der Waals surface area contributed by atoms with Crippen molar-refractivity contribution in [2.45, 2.75) is 25.3 Å². The molecular weight excluding hydrogens is 348 g/mol. The van der Waals surface area contributed by atoms with Gasteiger partial charge in [0.25, 0.3) is 5.91 Å². The van der Waals surface area contributed by atoms with Gasteiger partial charge in [0.2, 0.25) is 0 Å². The van der Waals surface area contributed by atoms with E-state index in [1.165, 1.54) is 16.9 Å². The third kappa shape index (κ3) is 3.97. The van der Waals surface area contributed by atoms with Crippen molar-refractivity contribution in [1.29, 1.82) is 0 Å². The first-order valence-electron chi connectivity index (χ1n) is 8.70. The van der Waals surface area contributed by atoms with Crippen LogP contribution in [0.15, 0.2) is 42.7 Å². The normalized spacial score (nSPS) is 15.1. The van der Waals surface area contributed by atoms with Crippen LogP contribution in [0.2, 0.25) is 0 Å². The summed E-state index contributed by atoms with van der Waals surface area (Å²) in [4.78, 5) is 17.8. The Kier molecular flexibility index (Phi) is 5.03. The highest BCUT2D eigenvalue weighted by Gasteiger charge is 2.19. The average molecular weight is 368 g/mol. The van der Waals surface area contributed by atoms with Gasteiger partial charge in [0.15, 0.2) is 10.8 Å². The smallest absolute Gasteiger partial charge is 0.279 e. The molecule has 2 aromatic heterocycles. The predicted molar refractivity (Wildman–Crippen MR) is 100 cm³/mol. The van der Waals surface area contributed by atoms with Crippen molar-refractivity contribution in [3.05, 3.63) is 58.9 Å². The number of piperidine rings is 1. The third-order valence-electron chi connectivity index (χ3n) is 4.42. The zero-order chi connectivity index (χ0) is 17.8. The molecule has 0 atom stereocenters. The van der Waals surface area contributed by atoms with Crippen molar-refractivity contribution in [2.24, 2.45) is 0 Å². The number of hydrogen-bond donors (Lipinski definition) is 2. The second-order valence-corrected chi connectivity index (χ2v) is 7.43. The SMILES string of the molecule is O=C(Nc1ncc(Cc2ccccc2)s1)c1cn(C2CCNCC2)nn1. The number of thiazole rings is 1. The minimum Gasteiger partial charge on any atom is -0.317 e. The molecule has 3 aromatic rings. The molecule has 3 heterocycles. The lowest BCUT2D eigenvalue weighted by molar-refractivity contribution is 0.102. The molecule has 0 unspecified atom stereocenters. The van der Waals surface area contributed by atoms with E-state index in [4.69, 9.17) is 0 Å². The van der Waals surface area contributed by atoms with Gasteiger partial charge in [0.05, 0.1) is 12.2 Å². The summed E-state index contributed by atoms with van der Waals surface area (Å²) in [6, 6.07) is 10.5. The Morgan fingerprint density at radius 3 is 2.88 bits per heavy atom. The maximum absolute atomic E-state index is 12.4. The highest BCUT2D eigenvalue weighted by Crippen LogP contribution is 2.22. The lowest BCUT2D eigenvalue weighted by atomic mass is 10.1. The van der Waals surface area contributed by atoms with Crippen molar-refractivity contribution in [3.8, 4) is 0 Å². The third-order valence-corrected chi connectivity index (χ3v) is 5.33. The molecule has 1 aliphatic heterocycles. The summed E-state index contributed by atoms with van der Waals surface area (Å²) in [6.45, 7) is 1.94. The van der Waals surface area contributed by atoms with Crippen LogP contribution in [0, 0.1) is 0 Å². The van der Waals surface area contributed by atoms with Gasteiger partial charge in [-0.25, -0.2) is 9.67 Å². The van der Waals surface area contributed by atoms with E-state index >= 15 is 0 Å². The van der Waals surface area contributed by atoms with E-state index in [2.05, 4.69) is 38.1 Å². The number of anilines is 1. The highest BCUT2D eigenvalue weighted by molar-refractivity contribution is 7.15. The maximum atomic E-state index is 12.4. The monoisotopic (exact) mass is 368 g/mol. The Morgan fingerprint density at radius 2 is 2.08 bits per heavy atom. The first kappa shape index (κ1) is 16.9. The van der Waals surface area contributed by atoms with Crippen LogP contribution >= 0.6 is 11.3 Å². The van der Waals surface area contributed by atoms with Crippen LogP contribution < -0.4 is 10.6 Å². The minimum absolute atomic E-state index is 0.272. The molecule has 1 fully saturated rings. The van der Waals surface area contributed by atoms with Gasteiger partial charge in [-0.05, 0) is 31.5 Å². The Bertz CT molecular complexity index is 869. The summed E-state index contributed by atoms with van der Waals surface area (Å²) < 4.78 is 1.80. The van der Waals surface area contributed by atoms with E-state index in [9.17, 15) is 4.79 Å². The predicted octanol–water partition coefficient (Wildman–Crippen LogP) is 2.50. The Morgan fingerprint density at radius 1 is 1.27 bits per heavy atom. The maximum Gasteiger partial charge on any atom is 0.279 e. The minimum atomic E-state index is -0.272. The molecule has 1 saturated heterocycles. The number of amides is 1. The molecule has 8 heteroatoms. The summed E-state index contributed by atoms with van der Waals surface area (Å²) in [5.41, 5.74) is 1.54. The number of aromatic nitrogens is 4. The highest BCUT2D eigenvalue weighted by atomic mass is 32.1. The zero-order valence-corrected chi connectivity index (χ0v) is 15.1. The molecule has 7 nitrogen and oxygen atoms in total. The fourth-order valence-corrected chi connectivity index (χ4v) is 3.88. The molecule has 1 aromatic carbocycles. The van der Waals surface area contributed by atoms with Crippen LogP contribution in [0.3, 0.4) is 0 Å². The van der Waals surface area contributed by atoms with E-state index in [0.29, 0.717) is 16.9 Å². The topological polar surface area (TPSA) is 84.7 Å². The summed E-state index contributed by atoms with van der Waals surface area (Å²) in [6.07, 6.45) is 6.34. The standard InChI is InChI=1S/C18H20N6OS/c25-17(16-12-24(23-22-16)14-6-8-19-9-7-14)21-18-20-11-15(26-18)10-13-4-2-1-3-5-13/h1-5,11-12,14,19H,6-10H2,(H,20,21,25). The van der Waals surface area contributed by atoms with Crippen molar-refractivity contribution in [1.82, 2.24) is 25.3 Å². The van der Waals surface area contributed by atoms with E-state index in [0.717, 1.165) is 37.2 Å². The molecule has 4 rings (SSSR count). The number of carbonyl (C=O) groups is 1. The van der Waals surface area contributed by atoms with E-state index in [-0.39, 0.29) is 5.91 Å². The second kappa shape index (κ2) is 7.76. The quantitative estimate of drug-likeness (QED) is 0.723. The van der Waals surface area contributed by atoms with Crippen molar-refractivity contribution < 1.29 is 4.79 Å². The van der Waals surface area contributed by atoms with Crippen molar-refractivity contribution in [3.63, 3.8) is 0 Å². The van der Waals surface area contributed by atoms with Gasteiger partial charge >= 0.3 is 0 Å². The molecular formula is C18H20N6OS. The van der Waals surface area contributed by atoms with Crippen LogP contribution in [0.5, 0.6) is 0 Å². The molecule has 2 N–H and O–H groups in total. The van der Waals surface area contributed by atoms with Gasteiger partial charge in [-0.1, -0.05) is 35.5 Å². The molecule has 0 saturated carbocycles. The number of nitrogens with one attached hydrogen (secondary N) is 2. The summed E-state index contributed by atoms with van der Waals surface area (Å²) in [5, 5.41) is 14.9. The Labute approximate surface area is 155 Å². The van der Waals surface area contributed by atoms with Crippen LogP contribution in [0.1, 0.15) is 39.8 Å². The number of nitrogens with zero attached hydrogens (tertiary/aromatic N) is 4. The molecule has 1 amide bonds. The number of carbonyl (C=O) groups excluding carboxylic acids is 1. The lowest BCUT2D eigenvalue weighted by Crippen LogP contribution is -2.29. The second-order valence-electron chi connectivity index (χ2n) is 6.31. The number of rotatable bonds is 5. The zero-order valence-electron chi connectivity index (χ0n) is 14.3. The summed E-state index contributed by atoms with van der Waals surface area (Å²) in [7, 11) is 0. The van der Waals surface area contributed by atoms with Gasteiger partial charge < -0.3 is 5.32 Å². The molecule has 0 bridgehead atoms. The van der Waals surface area contributed by atoms with Gasteiger partial charge in [-0.15, -0.1) is 16.4 Å². The van der Waals surface area contributed by atoms with Crippen LogP contribution in [0.25, 0.3) is 0 Å². The molecule has 0 spiro atoms. The van der Waals surface area contributed by atoms with E-state index in [1.54, 1.807) is 17.1 Å². The van der Waals surface area contributed by atoms with Crippen molar-refractivity contribution >= 4 is 22.4 Å². The molecule has 0 aliphatic carbocycles. The fraction of sp³-hybridized carbons (Fsp3) is 0.333. The Balaban J connectivity index is 1.38. The average Bonchev–Trinajstić information content (AvgIpc) is 3.33. The van der Waals surface area contributed by atoms with Crippen LogP contribution in [0.4, 0.5) is 5.13 Å². The molecule has 134 valence electrons. The fourth-order valence-electron chi connectivity index (χ4n) is 3.04. The summed E-state index contributed by atoms with van der Waals surface area (Å²) in [5.74, 6) is -0.272. The number of benzene rings is 1. The molecule has 0 radical (unpaired) electrons. The van der Waals surface area contributed by atoms with Gasteiger partial charge in [-0.3, -0.25) is 10.1 Å². The number of hydrogen-bond acceptors (Lipinski definition) is 6. The van der Waals surface area contributed by atoms with E-state index < -0.39 is 0 Å². The Hall–Kier alpha value is -2.58. The van der Waals surface area contributed by atoms with Crippen LogP contribution in [-0.2, 0) is 6.42 Å². The first-order valence-corrected chi connectivity index (χ1v) is 9.52. The van der Waals surface area contributed by atoms with Crippen LogP contribution in [-0.4, -0.2) is 39.0 Å². The van der Waals surface area contributed by atoms with Gasteiger partial charge in [0.1, 0.15) is 0 Å². The first-order chi connectivity index (χ1) is 12.8. The largest absolute Gasteiger partial charge is 0.317 e. The lowest BCUT2D eigenvalue weighted by Gasteiger charge is -2.21. The summed E-state index contributed by atoms with van der Waals surface area (Å²) >= 11 is 1.48. The molecule has 26 heavy (non-hydrogen) atoms. The van der Waals surface area contributed by atoms with Gasteiger partial charge in [0, 0.05) is 17.5 Å².